The Morgan fingerprint density at radius 3 is 2.75 bits per heavy atom. The highest BCUT2D eigenvalue weighted by molar-refractivity contribution is 9.10. The molecule has 0 aliphatic carbocycles. The summed E-state index contributed by atoms with van der Waals surface area (Å²) >= 11 is 9.50. The number of aryl methyl sites for hydroxylation is 1. The zero-order valence-corrected chi connectivity index (χ0v) is 11.9. The van der Waals surface area contributed by atoms with E-state index in [1.54, 1.807) is 0 Å². The smallest absolute Gasteiger partial charge is 0.0540 e. The maximum Gasteiger partial charge on any atom is 0.0540 e. The number of aliphatic hydroxyl groups is 1. The molecule has 0 fully saturated rings. The second kappa shape index (κ2) is 7.31. The van der Waals surface area contributed by atoms with Crippen LogP contribution in [0.2, 0.25) is 5.02 Å². The van der Waals surface area contributed by atoms with Crippen LogP contribution in [-0.4, -0.2) is 11.2 Å². The molecule has 1 unspecified atom stereocenters. The Labute approximate surface area is 111 Å². The van der Waals surface area contributed by atoms with Crippen molar-refractivity contribution in [1.82, 2.24) is 0 Å². The van der Waals surface area contributed by atoms with Gasteiger partial charge in [0.05, 0.1) is 6.10 Å². The van der Waals surface area contributed by atoms with Gasteiger partial charge in [-0.3, -0.25) is 0 Å². The third-order valence-electron chi connectivity index (χ3n) is 2.62. The quantitative estimate of drug-likeness (QED) is 0.815. The molecule has 1 N–H and O–H groups in total. The van der Waals surface area contributed by atoms with Gasteiger partial charge in [-0.25, -0.2) is 0 Å². The largest absolute Gasteiger partial charge is 0.393 e. The van der Waals surface area contributed by atoms with E-state index in [2.05, 4.69) is 22.9 Å². The molecular formula is C13H18BrClO. The van der Waals surface area contributed by atoms with Gasteiger partial charge in [-0.2, -0.15) is 0 Å². The number of aliphatic hydroxyl groups excluding tert-OH is 1. The van der Waals surface area contributed by atoms with E-state index >= 15 is 0 Å². The lowest BCUT2D eigenvalue weighted by Gasteiger charge is -2.09. The molecule has 0 heterocycles. The molecule has 1 nitrogen and oxygen atoms in total. The van der Waals surface area contributed by atoms with Crippen LogP contribution in [0.3, 0.4) is 0 Å². The molecule has 1 aromatic rings. The highest BCUT2D eigenvalue weighted by Gasteiger charge is 2.05. The Balaban J connectivity index is 2.37. The van der Waals surface area contributed by atoms with E-state index < -0.39 is 0 Å². The number of benzene rings is 1. The predicted octanol–water partition coefficient (Wildman–Crippen LogP) is 4.59. The average Bonchev–Trinajstić information content (AvgIpc) is 2.22. The van der Waals surface area contributed by atoms with Crippen molar-refractivity contribution in [2.45, 2.75) is 45.1 Å². The molecule has 0 aromatic heterocycles. The summed E-state index contributed by atoms with van der Waals surface area (Å²) in [5, 5.41) is 10.4. The van der Waals surface area contributed by atoms with Gasteiger partial charge in [0.25, 0.3) is 0 Å². The van der Waals surface area contributed by atoms with Gasteiger partial charge in [0, 0.05) is 9.50 Å². The molecule has 90 valence electrons. The lowest BCUT2D eigenvalue weighted by atomic mass is 10.0. The molecule has 3 heteroatoms. The number of hydrogen-bond donors (Lipinski definition) is 1. The van der Waals surface area contributed by atoms with Crippen LogP contribution >= 0.6 is 27.5 Å². The molecule has 0 radical (unpaired) electrons. The van der Waals surface area contributed by atoms with Gasteiger partial charge in [0.15, 0.2) is 0 Å². The first-order valence-corrected chi connectivity index (χ1v) is 6.92. The van der Waals surface area contributed by atoms with Crippen molar-refractivity contribution in [2.24, 2.45) is 0 Å². The molecule has 0 saturated carbocycles. The topological polar surface area (TPSA) is 20.2 Å². The summed E-state index contributed by atoms with van der Waals surface area (Å²) in [5.41, 5.74) is 1.16. The van der Waals surface area contributed by atoms with Crippen molar-refractivity contribution in [3.63, 3.8) is 0 Å². The average molecular weight is 306 g/mol. The number of rotatable bonds is 6. The summed E-state index contributed by atoms with van der Waals surface area (Å²) in [4.78, 5) is 0. The minimum absolute atomic E-state index is 0.153. The normalized spacial score (nSPS) is 12.8. The molecule has 0 aliphatic heterocycles. The van der Waals surface area contributed by atoms with Gasteiger partial charge in [-0.1, -0.05) is 46.9 Å². The van der Waals surface area contributed by atoms with E-state index in [0.29, 0.717) is 0 Å². The van der Waals surface area contributed by atoms with Gasteiger partial charge in [-0.05, 0) is 43.4 Å². The maximum atomic E-state index is 9.60. The second-order valence-electron chi connectivity index (χ2n) is 4.07. The Bertz CT molecular complexity index is 328. The van der Waals surface area contributed by atoms with E-state index in [0.717, 1.165) is 47.2 Å². The first kappa shape index (κ1) is 14.0. The molecule has 1 aromatic carbocycles. The van der Waals surface area contributed by atoms with Crippen molar-refractivity contribution >= 4 is 27.5 Å². The van der Waals surface area contributed by atoms with Gasteiger partial charge < -0.3 is 5.11 Å². The van der Waals surface area contributed by atoms with E-state index in [4.69, 9.17) is 11.6 Å². The van der Waals surface area contributed by atoms with Gasteiger partial charge >= 0.3 is 0 Å². The molecule has 0 saturated heterocycles. The highest BCUT2D eigenvalue weighted by Crippen LogP contribution is 2.23. The van der Waals surface area contributed by atoms with E-state index in [-0.39, 0.29) is 6.10 Å². The standard InChI is InChI=1S/C13H18BrClO/c1-2-4-12(16)6-3-5-10-7-8-11(14)9-13(10)15/h7-9,12,16H,2-6H2,1H3. The lowest BCUT2D eigenvalue weighted by molar-refractivity contribution is 0.151. The van der Waals surface area contributed by atoms with E-state index in [1.807, 2.05) is 18.2 Å². The summed E-state index contributed by atoms with van der Waals surface area (Å²) in [6, 6.07) is 5.96. The maximum absolute atomic E-state index is 9.60. The van der Waals surface area contributed by atoms with Crippen molar-refractivity contribution in [3.8, 4) is 0 Å². The molecule has 0 aliphatic rings. The Morgan fingerprint density at radius 1 is 1.38 bits per heavy atom. The van der Waals surface area contributed by atoms with Crippen LogP contribution in [0.5, 0.6) is 0 Å². The zero-order valence-electron chi connectivity index (χ0n) is 9.55. The fourth-order valence-electron chi connectivity index (χ4n) is 1.73. The minimum Gasteiger partial charge on any atom is -0.393 e. The molecular weight excluding hydrogens is 287 g/mol. The SMILES string of the molecule is CCCC(O)CCCc1ccc(Br)cc1Cl. The first-order chi connectivity index (χ1) is 7.63. The van der Waals surface area contributed by atoms with Crippen molar-refractivity contribution in [1.29, 1.82) is 0 Å². The summed E-state index contributed by atoms with van der Waals surface area (Å²) in [6.45, 7) is 2.09. The fourth-order valence-corrected chi connectivity index (χ4v) is 2.50. The number of hydrogen-bond acceptors (Lipinski definition) is 1. The van der Waals surface area contributed by atoms with E-state index in [1.165, 1.54) is 0 Å². The van der Waals surface area contributed by atoms with Crippen LogP contribution in [0.4, 0.5) is 0 Å². The number of halogens is 2. The molecule has 1 rings (SSSR count). The Morgan fingerprint density at radius 2 is 2.12 bits per heavy atom. The Kier molecular flexibility index (Phi) is 6.40. The van der Waals surface area contributed by atoms with Crippen molar-refractivity contribution < 1.29 is 5.11 Å². The molecule has 0 spiro atoms. The minimum atomic E-state index is -0.153. The summed E-state index contributed by atoms with van der Waals surface area (Å²) in [7, 11) is 0. The van der Waals surface area contributed by atoms with Crippen LogP contribution in [0.15, 0.2) is 22.7 Å². The van der Waals surface area contributed by atoms with Crippen LogP contribution in [-0.2, 0) is 6.42 Å². The third-order valence-corrected chi connectivity index (χ3v) is 3.47. The van der Waals surface area contributed by atoms with Crippen LogP contribution < -0.4 is 0 Å². The first-order valence-electron chi connectivity index (χ1n) is 5.75. The summed E-state index contributed by atoms with van der Waals surface area (Å²) in [5.74, 6) is 0. The molecule has 1 atom stereocenters. The highest BCUT2D eigenvalue weighted by atomic mass is 79.9. The third kappa shape index (κ3) is 4.86. The fraction of sp³-hybridized carbons (Fsp3) is 0.538. The van der Waals surface area contributed by atoms with Crippen LogP contribution in [0.25, 0.3) is 0 Å². The van der Waals surface area contributed by atoms with Crippen LogP contribution in [0, 0.1) is 0 Å². The van der Waals surface area contributed by atoms with Gasteiger partial charge in [0.1, 0.15) is 0 Å². The Hall–Kier alpha value is -0.0500. The van der Waals surface area contributed by atoms with Crippen molar-refractivity contribution in [3.05, 3.63) is 33.3 Å². The van der Waals surface area contributed by atoms with Gasteiger partial charge in [-0.15, -0.1) is 0 Å². The zero-order chi connectivity index (χ0) is 12.0. The lowest BCUT2D eigenvalue weighted by Crippen LogP contribution is -2.05. The predicted molar refractivity (Wildman–Crippen MR) is 73.0 cm³/mol. The second-order valence-corrected chi connectivity index (χ2v) is 5.39. The van der Waals surface area contributed by atoms with Gasteiger partial charge in [0.2, 0.25) is 0 Å². The van der Waals surface area contributed by atoms with Crippen molar-refractivity contribution in [2.75, 3.05) is 0 Å². The van der Waals surface area contributed by atoms with Crippen LogP contribution in [0.1, 0.15) is 38.2 Å². The molecule has 16 heavy (non-hydrogen) atoms. The molecule has 0 amide bonds. The van der Waals surface area contributed by atoms with E-state index in [9.17, 15) is 5.11 Å². The summed E-state index contributed by atoms with van der Waals surface area (Å²) < 4.78 is 1.01. The summed E-state index contributed by atoms with van der Waals surface area (Å²) in [6.07, 6.45) is 4.57. The monoisotopic (exact) mass is 304 g/mol. The molecule has 0 bridgehead atoms.